The molecular formula is C13H15F2NO. The second-order valence-corrected chi connectivity index (χ2v) is 4.31. The van der Waals surface area contributed by atoms with Crippen molar-refractivity contribution < 1.29 is 13.6 Å². The van der Waals surface area contributed by atoms with Crippen LogP contribution in [-0.2, 0) is 11.4 Å². The van der Waals surface area contributed by atoms with Crippen LogP contribution in [0, 0.1) is 17.6 Å². The molecule has 0 atom stereocenters. The molecule has 92 valence electrons. The largest absolute Gasteiger partial charge is 0.391 e. The molecule has 2 nitrogen and oxygen atoms in total. The molecule has 17 heavy (non-hydrogen) atoms. The molecule has 0 saturated heterocycles. The van der Waals surface area contributed by atoms with Crippen LogP contribution in [0.1, 0.15) is 31.2 Å². The van der Waals surface area contributed by atoms with Crippen molar-refractivity contribution in [1.82, 2.24) is 0 Å². The van der Waals surface area contributed by atoms with E-state index < -0.39 is 11.6 Å². The number of oxime groups is 1. The van der Waals surface area contributed by atoms with Crippen molar-refractivity contribution >= 4 is 6.21 Å². The molecule has 1 aromatic carbocycles. The molecule has 0 amide bonds. The van der Waals surface area contributed by atoms with Gasteiger partial charge in [0.05, 0.1) is 0 Å². The quantitative estimate of drug-likeness (QED) is 0.580. The molecule has 2 rings (SSSR count). The van der Waals surface area contributed by atoms with Gasteiger partial charge in [0.25, 0.3) is 0 Å². The van der Waals surface area contributed by atoms with Gasteiger partial charge in [-0.15, -0.1) is 0 Å². The third-order valence-corrected chi connectivity index (χ3v) is 2.98. The standard InChI is InChI=1S/C13H15F2NO/c14-12-6-5-11(13(15)7-12)9-17-16-8-10-3-1-2-4-10/h5-8,10H,1-4,9H2. The number of rotatable bonds is 4. The summed E-state index contributed by atoms with van der Waals surface area (Å²) in [6, 6.07) is 3.43. The summed E-state index contributed by atoms with van der Waals surface area (Å²) in [7, 11) is 0. The average molecular weight is 239 g/mol. The zero-order valence-electron chi connectivity index (χ0n) is 9.53. The fraction of sp³-hybridized carbons (Fsp3) is 0.462. The molecular weight excluding hydrogens is 224 g/mol. The van der Waals surface area contributed by atoms with Gasteiger partial charge >= 0.3 is 0 Å². The van der Waals surface area contributed by atoms with Gasteiger partial charge in [0.15, 0.2) is 0 Å². The lowest BCUT2D eigenvalue weighted by atomic mass is 10.1. The van der Waals surface area contributed by atoms with Crippen LogP contribution >= 0.6 is 0 Å². The summed E-state index contributed by atoms with van der Waals surface area (Å²) in [5.74, 6) is -0.685. The second-order valence-electron chi connectivity index (χ2n) is 4.31. The summed E-state index contributed by atoms with van der Waals surface area (Å²) in [5.41, 5.74) is 0.315. The minimum atomic E-state index is -0.596. The summed E-state index contributed by atoms with van der Waals surface area (Å²) in [5, 5.41) is 3.83. The van der Waals surface area contributed by atoms with E-state index in [4.69, 9.17) is 4.84 Å². The first-order chi connectivity index (χ1) is 8.25. The Labute approximate surface area is 99.3 Å². The molecule has 0 radical (unpaired) electrons. The van der Waals surface area contributed by atoms with Crippen molar-refractivity contribution in [3.8, 4) is 0 Å². The third-order valence-electron chi connectivity index (χ3n) is 2.98. The number of hydrogen-bond acceptors (Lipinski definition) is 2. The molecule has 0 unspecified atom stereocenters. The average Bonchev–Trinajstić information content (AvgIpc) is 2.79. The van der Waals surface area contributed by atoms with Crippen LogP contribution in [0.25, 0.3) is 0 Å². The van der Waals surface area contributed by atoms with E-state index in [1.54, 1.807) is 6.21 Å². The predicted octanol–water partition coefficient (Wildman–Crippen LogP) is 3.66. The summed E-state index contributed by atoms with van der Waals surface area (Å²) in [6.45, 7) is 0.0370. The summed E-state index contributed by atoms with van der Waals surface area (Å²) < 4.78 is 25.8. The normalized spacial score (nSPS) is 16.8. The summed E-state index contributed by atoms with van der Waals surface area (Å²) in [6.07, 6.45) is 6.57. The van der Waals surface area contributed by atoms with E-state index in [9.17, 15) is 8.78 Å². The molecule has 0 aromatic heterocycles. The Bertz CT molecular complexity index is 400. The Morgan fingerprint density at radius 2 is 2.06 bits per heavy atom. The summed E-state index contributed by atoms with van der Waals surface area (Å²) in [4.78, 5) is 5.01. The number of benzene rings is 1. The predicted molar refractivity (Wildman–Crippen MR) is 61.6 cm³/mol. The van der Waals surface area contributed by atoms with Crippen molar-refractivity contribution in [2.45, 2.75) is 32.3 Å². The van der Waals surface area contributed by atoms with Gasteiger partial charge in [-0.2, -0.15) is 0 Å². The van der Waals surface area contributed by atoms with Gasteiger partial charge in [-0.25, -0.2) is 8.78 Å². The van der Waals surface area contributed by atoms with Crippen LogP contribution in [-0.4, -0.2) is 6.21 Å². The topological polar surface area (TPSA) is 21.6 Å². The van der Waals surface area contributed by atoms with Crippen LogP contribution in [0.5, 0.6) is 0 Å². The highest BCUT2D eigenvalue weighted by molar-refractivity contribution is 5.60. The van der Waals surface area contributed by atoms with E-state index in [-0.39, 0.29) is 6.61 Å². The van der Waals surface area contributed by atoms with Crippen LogP contribution in [0.2, 0.25) is 0 Å². The fourth-order valence-corrected chi connectivity index (χ4v) is 1.98. The molecule has 0 N–H and O–H groups in total. The fourth-order valence-electron chi connectivity index (χ4n) is 1.98. The summed E-state index contributed by atoms with van der Waals surface area (Å²) >= 11 is 0. The first kappa shape index (κ1) is 12.0. The lowest BCUT2D eigenvalue weighted by Crippen LogP contribution is -1.97. The Balaban J connectivity index is 1.81. The zero-order chi connectivity index (χ0) is 12.1. The van der Waals surface area contributed by atoms with E-state index in [0.29, 0.717) is 11.5 Å². The smallest absolute Gasteiger partial charge is 0.145 e. The lowest BCUT2D eigenvalue weighted by molar-refractivity contribution is 0.128. The Hall–Kier alpha value is -1.45. The highest BCUT2D eigenvalue weighted by Gasteiger charge is 2.12. The van der Waals surface area contributed by atoms with Gasteiger partial charge in [0.1, 0.15) is 18.2 Å². The molecule has 0 heterocycles. The van der Waals surface area contributed by atoms with Crippen LogP contribution in [0.4, 0.5) is 8.78 Å². The molecule has 1 aliphatic rings. The highest BCUT2D eigenvalue weighted by Crippen LogP contribution is 2.22. The minimum Gasteiger partial charge on any atom is -0.391 e. The van der Waals surface area contributed by atoms with E-state index >= 15 is 0 Å². The molecule has 1 aromatic rings. The minimum absolute atomic E-state index is 0.0370. The van der Waals surface area contributed by atoms with Crippen molar-refractivity contribution in [2.24, 2.45) is 11.1 Å². The molecule has 0 bridgehead atoms. The molecule has 1 saturated carbocycles. The second kappa shape index (κ2) is 5.75. The molecule has 0 aliphatic heterocycles. The van der Waals surface area contributed by atoms with Gasteiger partial charge in [-0.1, -0.05) is 18.0 Å². The molecule has 1 fully saturated rings. The molecule has 1 aliphatic carbocycles. The van der Waals surface area contributed by atoms with Crippen molar-refractivity contribution in [2.75, 3.05) is 0 Å². The van der Waals surface area contributed by atoms with Crippen LogP contribution in [0.3, 0.4) is 0 Å². The van der Waals surface area contributed by atoms with E-state index in [2.05, 4.69) is 5.16 Å². The molecule has 0 spiro atoms. The SMILES string of the molecule is Fc1ccc(CON=CC2CCCC2)c(F)c1. The van der Waals surface area contributed by atoms with Gasteiger partial charge in [0.2, 0.25) is 0 Å². The van der Waals surface area contributed by atoms with E-state index in [1.807, 2.05) is 0 Å². The van der Waals surface area contributed by atoms with Crippen molar-refractivity contribution in [1.29, 1.82) is 0 Å². The van der Waals surface area contributed by atoms with Gasteiger partial charge < -0.3 is 4.84 Å². The zero-order valence-corrected chi connectivity index (χ0v) is 9.53. The van der Waals surface area contributed by atoms with Crippen molar-refractivity contribution in [3.05, 3.63) is 35.4 Å². The first-order valence-electron chi connectivity index (χ1n) is 5.85. The Morgan fingerprint density at radius 3 is 2.76 bits per heavy atom. The number of hydrogen-bond donors (Lipinski definition) is 0. The number of nitrogens with zero attached hydrogens (tertiary/aromatic N) is 1. The van der Waals surface area contributed by atoms with Crippen LogP contribution in [0.15, 0.2) is 23.4 Å². The maximum absolute atomic E-state index is 13.2. The van der Waals surface area contributed by atoms with E-state index in [0.717, 1.165) is 18.9 Å². The lowest BCUT2D eigenvalue weighted by Gasteiger charge is -2.03. The third kappa shape index (κ3) is 3.51. The van der Waals surface area contributed by atoms with Gasteiger partial charge in [-0.3, -0.25) is 0 Å². The Kier molecular flexibility index (Phi) is 4.07. The molecule has 4 heteroatoms. The van der Waals surface area contributed by atoms with Crippen molar-refractivity contribution in [3.63, 3.8) is 0 Å². The maximum atomic E-state index is 13.2. The maximum Gasteiger partial charge on any atom is 0.145 e. The van der Waals surface area contributed by atoms with Gasteiger partial charge in [0, 0.05) is 17.8 Å². The highest BCUT2D eigenvalue weighted by atomic mass is 19.1. The van der Waals surface area contributed by atoms with E-state index in [1.165, 1.54) is 25.0 Å². The van der Waals surface area contributed by atoms with Crippen LogP contribution < -0.4 is 0 Å². The Morgan fingerprint density at radius 1 is 1.29 bits per heavy atom. The first-order valence-corrected chi connectivity index (χ1v) is 5.85. The van der Waals surface area contributed by atoms with Gasteiger partial charge in [-0.05, 0) is 30.9 Å². The monoisotopic (exact) mass is 239 g/mol. The number of halogens is 2.